The summed E-state index contributed by atoms with van der Waals surface area (Å²) in [5.41, 5.74) is 0.559. The highest BCUT2D eigenvalue weighted by atomic mass is 19.4. The molecule has 6 nitrogen and oxygen atoms in total. The van der Waals surface area contributed by atoms with E-state index in [0.29, 0.717) is 48.2 Å². The normalized spacial score (nSPS) is 14.4. The number of benzene rings is 1. The number of fused-ring (bicyclic) bond motifs is 1. The van der Waals surface area contributed by atoms with Crippen molar-refractivity contribution in [2.24, 2.45) is 0 Å². The molecule has 10 heteroatoms. The van der Waals surface area contributed by atoms with Crippen LogP contribution in [0.4, 0.5) is 23.2 Å². The lowest BCUT2D eigenvalue weighted by Gasteiger charge is -2.34. The number of anilines is 1. The maximum atomic E-state index is 14.3. The molecule has 4 aromatic rings. The number of rotatable bonds is 4. The second-order valence-electron chi connectivity index (χ2n) is 8.48. The number of piperidine rings is 1. The van der Waals surface area contributed by atoms with Crippen molar-refractivity contribution in [3.05, 3.63) is 94.0 Å². The van der Waals surface area contributed by atoms with Gasteiger partial charge in [0.05, 0.1) is 12.2 Å². The lowest BCUT2D eigenvalue weighted by Crippen LogP contribution is -2.37. The Morgan fingerprint density at radius 3 is 2.35 bits per heavy atom. The summed E-state index contributed by atoms with van der Waals surface area (Å²) in [5.74, 6) is -0.602. The fourth-order valence-corrected chi connectivity index (χ4v) is 4.65. The molecule has 0 radical (unpaired) electrons. The number of halogens is 4. The molecule has 3 aromatic heterocycles. The summed E-state index contributed by atoms with van der Waals surface area (Å²) >= 11 is 0. The number of aromatic nitrogens is 4. The Morgan fingerprint density at radius 2 is 1.65 bits per heavy atom. The standard InChI is InChI=1S/C25H21F4N5O.C2H6/c26-19-5-2-1-4-17(19)15-34-23-20(30-10-11-32-23)14-18(24(34)35)16-7-12-33(13-8-16)21-6-3-9-31-22(21)25(27,28)29;1-2/h1-6,9-11,14,16H,7-8,12-13,15H2;1-2H3. The highest BCUT2D eigenvalue weighted by Gasteiger charge is 2.37. The number of pyridine rings is 2. The first-order valence-electron chi connectivity index (χ1n) is 12.2. The predicted octanol–water partition coefficient (Wildman–Crippen LogP) is 5.80. The smallest absolute Gasteiger partial charge is 0.370 e. The first-order valence-corrected chi connectivity index (χ1v) is 12.2. The Bertz CT molecular complexity index is 1430. The molecule has 0 unspecified atom stereocenters. The Morgan fingerprint density at radius 1 is 0.946 bits per heavy atom. The molecule has 1 fully saturated rings. The summed E-state index contributed by atoms with van der Waals surface area (Å²) in [7, 11) is 0. The summed E-state index contributed by atoms with van der Waals surface area (Å²) in [6.07, 6.45) is 0.537. The number of hydrogen-bond acceptors (Lipinski definition) is 5. The first kappa shape index (κ1) is 26.2. The third kappa shape index (κ3) is 5.47. The number of nitrogens with zero attached hydrogens (tertiary/aromatic N) is 5. The van der Waals surface area contributed by atoms with Crippen LogP contribution in [0.2, 0.25) is 0 Å². The van der Waals surface area contributed by atoms with E-state index in [4.69, 9.17) is 0 Å². The molecule has 1 aliphatic heterocycles. The molecular weight excluding hydrogens is 486 g/mol. The molecule has 0 bridgehead atoms. The van der Waals surface area contributed by atoms with Gasteiger partial charge in [-0.3, -0.25) is 14.3 Å². The molecule has 0 spiro atoms. The van der Waals surface area contributed by atoms with E-state index in [1.54, 1.807) is 29.2 Å². The van der Waals surface area contributed by atoms with Gasteiger partial charge in [0.1, 0.15) is 11.3 Å². The van der Waals surface area contributed by atoms with Crippen LogP contribution in [-0.4, -0.2) is 32.6 Å². The van der Waals surface area contributed by atoms with E-state index >= 15 is 0 Å². The Hall–Kier alpha value is -3.82. The summed E-state index contributed by atoms with van der Waals surface area (Å²) in [4.78, 5) is 27.4. The molecule has 0 atom stereocenters. The summed E-state index contributed by atoms with van der Waals surface area (Å²) in [6, 6.07) is 10.8. The second-order valence-corrected chi connectivity index (χ2v) is 8.48. The minimum absolute atomic E-state index is 0.00197. The zero-order chi connectivity index (χ0) is 26.6. The molecule has 1 aliphatic rings. The van der Waals surface area contributed by atoms with E-state index in [0.717, 1.165) is 6.20 Å². The van der Waals surface area contributed by atoms with Crippen LogP contribution in [0.15, 0.2) is 65.8 Å². The molecule has 5 rings (SSSR count). The quantitative estimate of drug-likeness (QED) is 0.323. The van der Waals surface area contributed by atoms with Gasteiger partial charge in [-0.05, 0) is 43.0 Å². The van der Waals surface area contributed by atoms with Crippen molar-refractivity contribution < 1.29 is 17.6 Å². The van der Waals surface area contributed by atoms with Gasteiger partial charge in [-0.2, -0.15) is 13.2 Å². The fraction of sp³-hybridized carbons (Fsp3) is 0.333. The van der Waals surface area contributed by atoms with Crippen molar-refractivity contribution in [3.8, 4) is 0 Å². The van der Waals surface area contributed by atoms with Crippen LogP contribution in [0, 0.1) is 5.82 Å². The first-order chi connectivity index (χ1) is 17.8. The van der Waals surface area contributed by atoms with Crippen molar-refractivity contribution in [1.82, 2.24) is 19.5 Å². The highest BCUT2D eigenvalue weighted by molar-refractivity contribution is 5.71. The number of alkyl halides is 3. The average Bonchev–Trinajstić information content (AvgIpc) is 2.92. The molecule has 194 valence electrons. The van der Waals surface area contributed by atoms with Gasteiger partial charge in [0.25, 0.3) is 5.56 Å². The van der Waals surface area contributed by atoms with Crippen molar-refractivity contribution in [1.29, 1.82) is 0 Å². The van der Waals surface area contributed by atoms with Gasteiger partial charge >= 0.3 is 6.18 Å². The summed E-state index contributed by atoms with van der Waals surface area (Å²) < 4.78 is 56.0. The molecule has 0 N–H and O–H groups in total. The van der Waals surface area contributed by atoms with Crippen LogP contribution in [-0.2, 0) is 12.7 Å². The highest BCUT2D eigenvalue weighted by Crippen LogP contribution is 2.37. The molecule has 0 amide bonds. The van der Waals surface area contributed by atoms with Crippen molar-refractivity contribution >= 4 is 16.9 Å². The van der Waals surface area contributed by atoms with Crippen LogP contribution < -0.4 is 10.5 Å². The average molecular weight is 514 g/mol. The van der Waals surface area contributed by atoms with Crippen LogP contribution >= 0.6 is 0 Å². The third-order valence-corrected chi connectivity index (χ3v) is 6.36. The molecule has 0 aliphatic carbocycles. The van der Waals surface area contributed by atoms with E-state index in [1.165, 1.54) is 35.2 Å². The Balaban J connectivity index is 0.00000156. The maximum Gasteiger partial charge on any atom is 0.435 e. The number of hydrogen-bond donors (Lipinski definition) is 0. The van der Waals surface area contributed by atoms with Gasteiger partial charge in [0.15, 0.2) is 11.3 Å². The van der Waals surface area contributed by atoms with Gasteiger partial charge < -0.3 is 4.90 Å². The van der Waals surface area contributed by atoms with E-state index in [-0.39, 0.29) is 23.7 Å². The lowest BCUT2D eigenvalue weighted by atomic mass is 9.89. The van der Waals surface area contributed by atoms with Crippen LogP contribution in [0.5, 0.6) is 0 Å². The zero-order valence-corrected chi connectivity index (χ0v) is 20.5. The summed E-state index contributed by atoms with van der Waals surface area (Å²) in [5, 5.41) is 0. The van der Waals surface area contributed by atoms with Gasteiger partial charge in [-0.25, -0.2) is 14.4 Å². The molecular formula is C27H27F4N5O. The molecule has 37 heavy (non-hydrogen) atoms. The fourth-order valence-electron chi connectivity index (χ4n) is 4.65. The predicted molar refractivity (Wildman–Crippen MR) is 134 cm³/mol. The van der Waals surface area contributed by atoms with Gasteiger partial charge in [0, 0.05) is 42.8 Å². The monoisotopic (exact) mass is 513 g/mol. The largest absolute Gasteiger partial charge is 0.435 e. The van der Waals surface area contributed by atoms with Crippen LogP contribution in [0.25, 0.3) is 11.2 Å². The van der Waals surface area contributed by atoms with E-state index in [1.807, 2.05) is 13.8 Å². The van der Waals surface area contributed by atoms with Crippen molar-refractivity contribution in [2.75, 3.05) is 18.0 Å². The molecule has 4 heterocycles. The van der Waals surface area contributed by atoms with Gasteiger partial charge in [-0.1, -0.05) is 32.0 Å². The van der Waals surface area contributed by atoms with Crippen molar-refractivity contribution in [3.63, 3.8) is 0 Å². The summed E-state index contributed by atoms with van der Waals surface area (Å²) in [6.45, 7) is 4.67. The topological polar surface area (TPSA) is 63.9 Å². The maximum absolute atomic E-state index is 14.3. The minimum Gasteiger partial charge on any atom is -0.370 e. The molecule has 1 aromatic carbocycles. The van der Waals surface area contributed by atoms with E-state index in [9.17, 15) is 22.4 Å². The third-order valence-electron chi connectivity index (χ3n) is 6.36. The molecule has 0 saturated carbocycles. The SMILES string of the molecule is CC.O=c1c(C2CCN(c3cccnc3C(F)(F)F)CC2)cc2nccnc2n1Cc1ccccc1F. The van der Waals surface area contributed by atoms with E-state index in [2.05, 4.69) is 15.0 Å². The van der Waals surface area contributed by atoms with E-state index < -0.39 is 17.7 Å². The Kier molecular flexibility index (Phi) is 7.85. The lowest BCUT2D eigenvalue weighted by molar-refractivity contribution is -0.140. The van der Waals surface area contributed by atoms with Gasteiger partial charge in [0.2, 0.25) is 0 Å². The van der Waals surface area contributed by atoms with Gasteiger partial charge in [-0.15, -0.1) is 0 Å². The molecule has 1 saturated heterocycles. The zero-order valence-electron chi connectivity index (χ0n) is 20.5. The second kappa shape index (κ2) is 11.1. The van der Waals surface area contributed by atoms with Crippen LogP contribution in [0.1, 0.15) is 49.4 Å². The van der Waals surface area contributed by atoms with Crippen LogP contribution in [0.3, 0.4) is 0 Å². The Labute approximate surface area is 211 Å². The minimum atomic E-state index is -4.55. The van der Waals surface area contributed by atoms with Crippen molar-refractivity contribution in [2.45, 2.75) is 45.3 Å².